The molecule has 0 saturated carbocycles. The first-order chi connectivity index (χ1) is 9.46. The van der Waals surface area contributed by atoms with E-state index in [0.29, 0.717) is 29.4 Å². The Morgan fingerprint density at radius 1 is 1.25 bits per heavy atom. The van der Waals surface area contributed by atoms with Crippen molar-refractivity contribution in [2.75, 3.05) is 20.8 Å². The van der Waals surface area contributed by atoms with E-state index in [4.69, 9.17) is 14.2 Å². The summed E-state index contributed by atoms with van der Waals surface area (Å²) in [5, 5.41) is 0.600. The molecule has 0 N–H and O–H groups in total. The summed E-state index contributed by atoms with van der Waals surface area (Å²) in [6.07, 6.45) is 0. The van der Waals surface area contributed by atoms with E-state index in [2.05, 4.69) is 23.8 Å². The van der Waals surface area contributed by atoms with E-state index in [1.807, 2.05) is 0 Å². The van der Waals surface area contributed by atoms with Crippen LogP contribution in [0.15, 0.2) is 11.2 Å². The van der Waals surface area contributed by atoms with Gasteiger partial charge < -0.3 is 14.2 Å². The van der Waals surface area contributed by atoms with Crippen LogP contribution in [0.5, 0.6) is 11.8 Å². The van der Waals surface area contributed by atoms with Gasteiger partial charge in [0.2, 0.25) is 11.8 Å². The van der Waals surface area contributed by atoms with Gasteiger partial charge >= 0.3 is 5.97 Å². The largest absolute Gasteiger partial charge is 0.481 e. The summed E-state index contributed by atoms with van der Waals surface area (Å²) >= 11 is 1.44. The number of ether oxygens (including phenoxy) is 3. The van der Waals surface area contributed by atoms with Crippen LogP contribution in [-0.2, 0) is 9.53 Å². The van der Waals surface area contributed by atoms with E-state index in [1.165, 1.54) is 32.9 Å². The summed E-state index contributed by atoms with van der Waals surface area (Å²) in [5.74, 6) is 0.893. The number of nitrogens with zero attached hydrogens (tertiary/aromatic N) is 2. The number of thioether (sulfide) groups is 1. The minimum Gasteiger partial charge on any atom is -0.481 e. The van der Waals surface area contributed by atoms with Gasteiger partial charge in [-0.25, -0.2) is 0 Å². The maximum atomic E-state index is 10.9. The van der Waals surface area contributed by atoms with Gasteiger partial charge in [-0.15, -0.1) is 0 Å². The van der Waals surface area contributed by atoms with Crippen LogP contribution in [0.3, 0.4) is 0 Å². The molecule has 1 atom stereocenters. The molecule has 0 aromatic carbocycles. The zero-order valence-corrected chi connectivity index (χ0v) is 13.2. The minimum atomic E-state index is -0.291. The molecule has 0 aliphatic carbocycles. The standard InChI is InChI=1S/C13H20N2O4S/c1-8(2)10(7-19-9(3)16)20-13-14-11(17-4)6-12(15-13)18-5/h6,8,10H,7H2,1-5H3. The van der Waals surface area contributed by atoms with Crippen molar-refractivity contribution in [1.82, 2.24) is 9.97 Å². The predicted octanol–water partition coefficient (Wildman–Crippen LogP) is 2.17. The molecule has 1 aromatic rings. The quantitative estimate of drug-likeness (QED) is 0.434. The Morgan fingerprint density at radius 3 is 2.20 bits per heavy atom. The normalized spacial score (nSPS) is 12.1. The monoisotopic (exact) mass is 300 g/mol. The number of carbonyl (C=O) groups excluding carboxylic acids is 1. The van der Waals surface area contributed by atoms with Gasteiger partial charge in [0.15, 0.2) is 5.16 Å². The van der Waals surface area contributed by atoms with Gasteiger partial charge in [0.25, 0.3) is 0 Å². The number of hydrogen-bond donors (Lipinski definition) is 0. The minimum absolute atomic E-state index is 0.0655. The van der Waals surface area contributed by atoms with E-state index in [9.17, 15) is 4.79 Å². The van der Waals surface area contributed by atoms with E-state index in [1.54, 1.807) is 6.07 Å². The maximum Gasteiger partial charge on any atom is 0.302 e. The molecule has 0 radical (unpaired) electrons. The molecule has 1 unspecified atom stereocenters. The molecule has 0 amide bonds. The Hall–Kier alpha value is -1.50. The van der Waals surface area contributed by atoms with Gasteiger partial charge in [-0.2, -0.15) is 9.97 Å². The summed E-state index contributed by atoms with van der Waals surface area (Å²) in [6, 6.07) is 1.61. The van der Waals surface area contributed by atoms with E-state index < -0.39 is 0 Å². The van der Waals surface area contributed by atoms with Crippen molar-refractivity contribution >= 4 is 17.7 Å². The van der Waals surface area contributed by atoms with Crippen molar-refractivity contribution in [2.24, 2.45) is 5.92 Å². The number of esters is 1. The molecule has 0 aliphatic heterocycles. The van der Waals surface area contributed by atoms with Crippen LogP contribution in [0, 0.1) is 5.92 Å². The molecular formula is C13H20N2O4S. The highest BCUT2D eigenvalue weighted by molar-refractivity contribution is 7.99. The summed E-state index contributed by atoms with van der Waals surface area (Å²) in [5.41, 5.74) is 0. The Balaban J connectivity index is 2.84. The maximum absolute atomic E-state index is 10.9. The summed E-state index contributed by atoms with van der Waals surface area (Å²) < 4.78 is 15.3. The van der Waals surface area contributed by atoms with Gasteiger partial charge in [0.05, 0.1) is 20.3 Å². The van der Waals surface area contributed by atoms with Crippen LogP contribution in [0.4, 0.5) is 0 Å². The summed E-state index contributed by atoms with van der Waals surface area (Å²) in [6.45, 7) is 5.82. The molecule has 0 saturated heterocycles. The average molecular weight is 300 g/mol. The lowest BCUT2D eigenvalue weighted by Crippen LogP contribution is -2.20. The molecule has 0 fully saturated rings. The fourth-order valence-corrected chi connectivity index (χ4v) is 2.31. The smallest absolute Gasteiger partial charge is 0.302 e. The number of methoxy groups -OCH3 is 2. The van der Waals surface area contributed by atoms with E-state index in [0.717, 1.165) is 0 Å². The number of rotatable bonds is 7. The first-order valence-corrected chi connectivity index (χ1v) is 7.11. The lowest BCUT2D eigenvalue weighted by molar-refractivity contribution is -0.141. The first-order valence-electron chi connectivity index (χ1n) is 6.23. The lowest BCUT2D eigenvalue weighted by atomic mass is 10.1. The van der Waals surface area contributed by atoms with Crippen LogP contribution >= 0.6 is 11.8 Å². The molecular weight excluding hydrogens is 280 g/mol. The van der Waals surface area contributed by atoms with Crippen molar-refractivity contribution in [1.29, 1.82) is 0 Å². The zero-order valence-electron chi connectivity index (χ0n) is 12.4. The van der Waals surface area contributed by atoms with Gasteiger partial charge in [-0.3, -0.25) is 4.79 Å². The second-order valence-electron chi connectivity index (χ2n) is 4.44. The second-order valence-corrected chi connectivity index (χ2v) is 5.64. The molecule has 0 bridgehead atoms. The molecule has 6 nitrogen and oxygen atoms in total. The van der Waals surface area contributed by atoms with Crippen molar-refractivity contribution in [3.05, 3.63) is 6.07 Å². The number of hydrogen-bond acceptors (Lipinski definition) is 7. The third kappa shape index (κ3) is 5.24. The molecule has 0 spiro atoms. The van der Waals surface area contributed by atoms with Crippen LogP contribution in [-0.4, -0.2) is 42.0 Å². The second kappa shape index (κ2) is 7.94. The third-order valence-electron chi connectivity index (χ3n) is 2.53. The van der Waals surface area contributed by atoms with Gasteiger partial charge in [0.1, 0.15) is 6.61 Å². The lowest BCUT2D eigenvalue weighted by Gasteiger charge is -2.19. The zero-order chi connectivity index (χ0) is 15.1. The average Bonchev–Trinajstić information content (AvgIpc) is 2.42. The SMILES string of the molecule is COc1cc(OC)nc(SC(COC(C)=O)C(C)C)n1. The van der Waals surface area contributed by atoms with Gasteiger partial charge in [-0.1, -0.05) is 25.6 Å². The van der Waals surface area contributed by atoms with Crippen LogP contribution in [0.2, 0.25) is 0 Å². The molecule has 0 aliphatic rings. The van der Waals surface area contributed by atoms with Gasteiger partial charge in [-0.05, 0) is 5.92 Å². The van der Waals surface area contributed by atoms with Crippen molar-refractivity contribution < 1.29 is 19.0 Å². The molecule has 1 rings (SSSR count). The van der Waals surface area contributed by atoms with Crippen molar-refractivity contribution in [2.45, 2.75) is 31.2 Å². The van der Waals surface area contributed by atoms with Crippen LogP contribution < -0.4 is 9.47 Å². The summed E-state index contributed by atoms with van der Waals surface area (Å²) in [4.78, 5) is 19.4. The highest BCUT2D eigenvalue weighted by Crippen LogP contribution is 2.28. The Bertz CT molecular complexity index is 432. The number of carbonyl (C=O) groups is 1. The Kier molecular flexibility index (Phi) is 6.57. The topological polar surface area (TPSA) is 70.5 Å². The third-order valence-corrected chi connectivity index (χ3v) is 3.90. The summed E-state index contributed by atoms with van der Waals surface area (Å²) in [7, 11) is 3.07. The molecule has 112 valence electrons. The van der Waals surface area contributed by atoms with Crippen LogP contribution in [0.25, 0.3) is 0 Å². The van der Waals surface area contributed by atoms with E-state index >= 15 is 0 Å². The predicted molar refractivity (Wildman–Crippen MR) is 76.3 cm³/mol. The van der Waals surface area contributed by atoms with Gasteiger partial charge in [0, 0.05) is 12.2 Å². The Morgan fingerprint density at radius 2 is 1.80 bits per heavy atom. The van der Waals surface area contributed by atoms with Crippen LogP contribution in [0.1, 0.15) is 20.8 Å². The fourth-order valence-electron chi connectivity index (χ4n) is 1.34. The molecule has 1 heterocycles. The molecule has 1 aromatic heterocycles. The molecule has 20 heavy (non-hydrogen) atoms. The first kappa shape index (κ1) is 16.6. The highest BCUT2D eigenvalue weighted by Gasteiger charge is 2.19. The number of aromatic nitrogens is 2. The fraction of sp³-hybridized carbons (Fsp3) is 0.615. The molecule has 7 heteroatoms. The van der Waals surface area contributed by atoms with E-state index in [-0.39, 0.29) is 11.2 Å². The van der Waals surface area contributed by atoms with Crippen molar-refractivity contribution in [3.8, 4) is 11.8 Å². The highest BCUT2D eigenvalue weighted by atomic mass is 32.2. The van der Waals surface area contributed by atoms with Crippen molar-refractivity contribution in [3.63, 3.8) is 0 Å². The Labute approximate surface area is 123 Å².